The number of ketones is 3. The maximum absolute atomic E-state index is 11.5. The zero-order valence-electron chi connectivity index (χ0n) is 67.2. The molecule has 0 aliphatic rings. The van der Waals surface area contributed by atoms with E-state index < -0.39 is 0 Å². The molecule has 566 valence electrons. The highest BCUT2D eigenvalue weighted by Crippen LogP contribution is 2.32. The lowest BCUT2D eigenvalue weighted by atomic mass is 9.98. The summed E-state index contributed by atoms with van der Waals surface area (Å²) in [7, 11) is 1.39. The van der Waals surface area contributed by atoms with E-state index >= 15 is 0 Å². The van der Waals surface area contributed by atoms with Gasteiger partial charge in [0.25, 0.3) is 0 Å². The van der Waals surface area contributed by atoms with Crippen LogP contribution in [-0.4, -0.2) is 30.4 Å². The van der Waals surface area contributed by atoms with Gasteiger partial charge in [-0.2, -0.15) is 0 Å². The number of esters is 1. The first-order valence-electron chi connectivity index (χ1n) is 39.6. The summed E-state index contributed by atoms with van der Waals surface area (Å²) in [5.41, 5.74) is 34.8. The summed E-state index contributed by atoms with van der Waals surface area (Å²) in [5.74, 6) is -0.0169. The van der Waals surface area contributed by atoms with Crippen LogP contribution in [-0.2, 0) is 36.8 Å². The lowest BCUT2D eigenvalue weighted by Gasteiger charge is -2.07. The molecule has 114 heavy (non-hydrogen) atoms. The van der Waals surface area contributed by atoms with Crippen LogP contribution in [0, 0.1) is 6.92 Å². The maximum Gasteiger partial charge on any atom is 0.337 e. The molecule has 0 amide bonds. The smallest absolute Gasteiger partial charge is 0.337 e. The highest BCUT2D eigenvalue weighted by molar-refractivity contribution is 5.96. The zero-order valence-corrected chi connectivity index (χ0v) is 67.2. The van der Waals surface area contributed by atoms with Gasteiger partial charge in [-0.3, -0.25) is 14.4 Å². The first-order chi connectivity index (χ1) is 55.5. The summed E-state index contributed by atoms with van der Waals surface area (Å²) in [5, 5.41) is 0. The highest BCUT2D eigenvalue weighted by atomic mass is 16.5. The molecule has 15 aromatic rings. The molecule has 0 radical (unpaired) electrons. The quantitative estimate of drug-likeness (QED) is 0.0595. The highest BCUT2D eigenvalue weighted by Gasteiger charge is 2.11. The summed E-state index contributed by atoms with van der Waals surface area (Å²) in [4.78, 5) is 45.7. The van der Waals surface area contributed by atoms with E-state index in [1.165, 1.54) is 107 Å². The van der Waals surface area contributed by atoms with Crippen molar-refractivity contribution in [1.29, 1.82) is 0 Å². The van der Waals surface area contributed by atoms with Gasteiger partial charge in [-0.15, -0.1) is 0 Å². The minimum absolute atomic E-state index is 0.0967. The molecule has 0 fully saturated rings. The molecule has 15 aromatic carbocycles. The topological polar surface area (TPSA) is 77.5 Å². The molecule has 0 aromatic heterocycles. The van der Waals surface area contributed by atoms with Crippen molar-refractivity contribution in [3.8, 4) is 111 Å². The summed E-state index contributed by atoms with van der Waals surface area (Å²) < 4.78 is 4.72. The maximum atomic E-state index is 11.5. The largest absolute Gasteiger partial charge is 0.465 e. The van der Waals surface area contributed by atoms with Gasteiger partial charge >= 0.3 is 5.97 Å². The number of carbonyl (C=O) groups is 4. The van der Waals surface area contributed by atoms with Crippen LogP contribution in [0.1, 0.15) is 130 Å². The minimum Gasteiger partial charge on any atom is -0.465 e. The monoisotopic (exact) mass is 1490 g/mol. The van der Waals surface area contributed by atoms with Crippen LogP contribution in [0.2, 0.25) is 0 Å². The molecule has 0 saturated heterocycles. The summed E-state index contributed by atoms with van der Waals surface area (Å²) in [6, 6.07) is 126. The van der Waals surface area contributed by atoms with Crippen LogP contribution in [0.4, 0.5) is 0 Å². The fourth-order valence-electron chi connectivity index (χ4n) is 13.3. The fourth-order valence-corrected chi connectivity index (χ4v) is 13.3. The van der Waals surface area contributed by atoms with E-state index in [1.807, 2.05) is 84.9 Å². The van der Waals surface area contributed by atoms with Gasteiger partial charge < -0.3 is 4.74 Å². The normalized spacial score (nSPS) is 10.5. The molecule has 0 bridgehead atoms. The molecule has 0 heterocycles. The lowest BCUT2D eigenvalue weighted by molar-refractivity contribution is 0.0600. The van der Waals surface area contributed by atoms with Gasteiger partial charge in [0, 0.05) is 16.7 Å². The molecule has 0 atom stereocenters. The van der Waals surface area contributed by atoms with Crippen LogP contribution in [0.3, 0.4) is 0 Å². The minimum atomic E-state index is -0.313. The van der Waals surface area contributed by atoms with Gasteiger partial charge in [-0.1, -0.05) is 386 Å². The van der Waals surface area contributed by atoms with Crippen LogP contribution >= 0.6 is 0 Å². The third-order valence-corrected chi connectivity index (χ3v) is 20.8. The number of benzene rings is 15. The van der Waals surface area contributed by atoms with Crippen molar-refractivity contribution in [2.75, 3.05) is 7.11 Å². The van der Waals surface area contributed by atoms with Gasteiger partial charge in [0.15, 0.2) is 17.3 Å². The molecule has 0 spiro atoms. The Bertz CT molecular complexity index is 5430. The molecule has 0 saturated carbocycles. The number of hydrogen-bond acceptors (Lipinski definition) is 5. The van der Waals surface area contributed by atoms with Crippen LogP contribution in [0.5, 0.6) is 0 Å². The fraction of sp³-hybridized carbons (Fsp3) is 0.138. The summed E-state index contributed by atoms with van der Waals surface area (Å²) >= 11 is 0. The van der Waals surface area contributed by atoms with Gasteiger partial charge in [0.05, 0.1) is 12.7 Å². The van der Waals surface area contributed by atoms with Crippen molar-refractivity contribution in [3.63, 3.8) is 0 Å². The Kier molecular flexibility index (Phi) is 29.1. The average molecular weight is 1490 g/mol. The van der Waals surface area contributed by atoms with Crippen molar-refractivity contribution >= 4 is 23.3 Å². The van der Waals surface area contributed by atoms with Gasteiger partial charge in [-0.05, 0) is 217 Å². The Morgan fingerprint density at radius 2 is 0.368 bits per heavy atom. The number of aryl methyl sites for hydroxylation is 6. The molecular weight excluding hydrogens is 1390 g/mol. The Morgan fingerprint density at radius 3 is 0.553 bits per heavy atom. The van der Waals surface area contributed by atoms with Crippen LogP contribution in [0.15, 0.2) is 364 Å². The van der Waals surface area contributed by atoms with Crippen molar-refractivity contribution in [2.45, 2.75) is 94.4 Å². The average Bonchev–Trinajstić information content (AvgIpc) is 0.848. The molecule has 5 heteroatoms. The van der Waals surface area contributed by atoms with E-state index in [4.69, 9.17) is 4.74 Å². The predicted molar refractivity (Wildman–Crippen MR) is 480 cm³/mol. The second-order valence-electron chi connectivity index (χ2n) is 28.5. The first-order valence-corrected chi connectivity index (χ1v) is 39.6. The van der Waals surface area contributed by atoms with Crippen molar-refractivity contribution in [1.82, 2.24) is 0 Å². The zero-order chi connectivity index (χ0) is 80.3. The van der Waals surface area contributed by atoms with Gasteiger partial charge in [0.2, 0.25) is 0 Å². The summed E-state index contributed by atoms with van der Waals surface area (Å²) in [6.45, 7) is 17.7. The Hall–Kier alpha value is -13.2. The summed E-state index contributed by atoms with van der Waals surface area (Å²) in [6.07, 6.45) is 5.34. The van der Waals surface area contributed by atoms with Crippen LogP contribution < -0.4 is 0 Å². The number of Topliss-reactive ketones (excluding diaryl/α,β-unsaturated/α-hetero) is 3. The van der Waals surface area contributed by atoms with Gasteiger partial charge in [-0.25, -0.2) is 4.79 Å². The molecule has 15 rings (SSSR count). The molecular formula is C109H100O5. The first kappa shape index (κ1) is 81.8. The lowest BCUT2D eigenvalue weighted by Crippen LogP contribution is -2.00. The van der Waals surface area contributed by atoms with Gasteiger partial charge in [0.1, 0.15) is 0 Å². The van der Waals surface area contributed by atoms with E-state index in [0.717, 1.165) is 93.3 Å². The SMILES string of the molecule is CCc1ccc(-c2ccc(-c3ccc(C(=O)OC)cc3)cc2)cc1.CCc1ccc(-c2ccc(-c3ccc(C(C)=O)cc3)cc2)cc1.CCc1ccc(-c2ccc(-c3ccc(C(C)=O)cc3)cc2)cc1.CCc1ccc(-c2ccc(-c3ccc(C)cc3)cc2)cc1.CCc1ccc(-c2ccc(-c3cccc(C(C)=O)c3)cc2)cc1. The second kappa shape index (κ2) is 40.6. The molecule has 5 nitrogen and oxygen atoms in total. The van der Waals surface area contributed by atoms with Crippen molar-refractivity contribution < 1.29 is 23.9 Å². The number of hydrogen-bond donors (Lipinski definition) is 0. The molecule has 0 aliphatic carbocycles. The number of rotatable bonds is 19. The van der Waals surface area contributed by atoms with E-state index in [9.17, 15) is 19.2 Å². The van der Waals surface area contributed by atoms with E-state index in [1.54, 1.807) is 32.9 Å². The standard InChI is InChI=1S/C22H20O2.3C22H20O.C21H20/c1-3-16-4-6-17(7-5-16)18-8-10-19(11-9-18)20-12-14-21(15-13-20)22(23)24-2;2*1-3-17-4-6-19(7-5-17)21-12-14-22(15-13-21)20-10-8-18(9-11-20)16(2)23;1-3-17-7-9-18(10-8-17)19-11-13-20(14-12-19)22-6-4-5-21(15-22)16(2)23;1-3-17-6-10-19(11-7-17)21-14-12-20(13-15-21)18-8-4-16(2)5-9-18/h4-15H,3H2,1-2H3;3*4-15H,3H2,1-2H3;4-15H,3H2,1-2H3. The Morgan fingerprint density at radius 1 is 0.202 bits per heavy atom. The number of ether oxygens (including phenoxy) is 1. The van der Waals surface area contributed by atoms with E-state index in [-0.39, 0.29) is 23.3 Å². The van der Waals surface area contributed by atoms with Crippen molar-refractivity contribution in [3.05, 3.63) is 420 Å². The molecule has 0 aliphatic heterocycles. The molecule has 0 unspecified atom stereocenters. The van der Waals surface area contributed by atoms with Crippen LogP contribution in [0.25, 0.3) is 111 Å². The Labute approximate surface area is 675 Å². The number of carbonyl (C=O) groups excluding carboxylic acids is 4. The third kappa shape index (κ3) is 22.5. The van der Waals surface area contributed by atoms with E-state index in [2.05, 4.69) is 308 Å². The third-order valence-electron chi connectivity index (χ3n) is 20.8. The van der Waals surface area contributed by atoms with E-state index in [0.29, 0.717) is 5.56 Å². The number of methoxy groups -OCH3 is 1. The second-order valence-corrected chi connectivity index (χ2v) is 28.5. The Balaban J connectivity index is 0.000000141. The predicted octanol–water partition coefficient (Wildman–Crippen LogP) is 28.6. The molecule has 0 N–H and O–H groups in total. The van der Waals surface area contributed by atoms with Crippen molar-refractivity contribution in [2.24, 2.45) is 0 Å².